The number of aliphatic hydroxyl groups is 1. The van der Waals surface area contributed by atoms with Gasteiger partial charge in [-0.05, 0) is 19.8 Å². The summed E-state index contributed by atoms with van der Waals surface area (Å²) in [5, 5.41) is 22.4. The van der Waals surface area contributed by atoms with E-state index in [0.717, 1.165) is 0 Å². The molecule has 10 nitrogen and oxygen atoms in total. The van der Waals surface area contributed by atoms with Crippen molar-refractivity contribution in [2.75, 3.05) is 19.7 Å². The van der Waals surface area contributed by atoms with Crippen LogP contribution in [0.2, 0.25) is 0 Å². The Bertz CT molecular complexity index is 481. The molecule has 1 fully saturated rings. The summed E-state index contributed by atoms with van der Waals surface area (Å²) in [5.74, 6) is -2.96. The zero-order chi connectivity index (χ0) is 17.6. The van der Waals surface area contributed by atoms with Gasteiger partial charge in [0.05, 0.1) is 12.6 Å². The van der Waals surface area contributed by atoms with Crippen LogP contribution in [0.1, 0.15) is 19.8 Å². The van der Waals surface area contributed by atoms with Gasteiger partial charge in [0.15, 0.2) is 0 Å². The Balaban J connectivity index is 2.73. The molecular weight excluding hydrogens is 308 g/mol. The van der Waals surface area contributed by atoms with Gasteiger partial charge in [-0.1, -0.05) is 0 Å². The molecule has 3 unspecified atom stereocenters. The quantitative estimate of drug-likeness (QED) is 0.332. The number of likely N-dealkylation sites (tertiary alicyclic amines) is 1. The summed E-state index contributed by atoms with van der Waals surface area (Å²) in [6.45, 7) is 0.556. The number of amides is 3. The van der Waals surface area contributed by atoms with Crippen molar-refractivity contribution in [2.24, 2.45) is 5.73 Å². The van der Waals surface area contributed by atoms with Crippen LogP contribution in [0.4, 0.5) is 0 Å². The molecule has 0 aromatic heterocycles. The van der Waals surface area contributed by atoms with Gasteiger partial charge in [-0.15, -0.1) is 0 Å². The van der Waals surface area contributed by atoms with E-state index in [0.29, 0.717) is 12.8 Å². The first-order chi connectivity index (χ1) is 10.8. The highest BCUT2D eigenvalue weighted by atomic mass is 16.4. The molecule has 10 heteroatoms. The Labute approximate surface area is 133 Å². The first kappa shape index (κ1) is 18.8. The molecule has 1 aliphatic heterocycles. The van der Waals surface area contributed by atoms with E-state index in [1.54, 1.807) is 0 Å². The molecule has 0 aromatic carbocycles. The summed E-state index contributed by atoms with van der Waals surface area (Å²) >= 11 is 0. The molecule has 3 amide bonds. The van der Waals surface area contributed by atoms with Crippen LogP contribution in [-0.4, -0.2) is 76.6 Å². The van der Waals surface area contributed by atoms with Crippen LogP contribution in [0.25, 0.3) is 0 Å². The van der Waals surface area contributed by atoms with Gasteiger partial charge in [0.2, 0.25) is 17.7 Å². The van der Waals surface area contributed by atoms with Gasteiger partial charge in [-0.3, -0.25) is 19.2 Å². The topological polar surface area (TPSA) is 162 Å². The van der Waals surface area contributed by atoms with E-state index in [4.69, 9.17) is 10.8 Å². The van der Waals surface area contributed by atoms with E-state index < -0.39 is 55.0 Å². The number of carbonyl (C=O) groups excluding carboxylic acids is 3. The standard InChI is InChI=1S/C13H22N4O6/c1-7(14)11(21)16-8(6-18)13(23)17-4-2-3-9(17)12(22)15-5-10(19)20/h7-9,18H,2-6,14H2,1H3,(H,15,22)(H,16,21)(H,19,20). The number of nitrogens with one attached hydrogen (secondary N) is 2. The Morgan fingerprint density at radius 3 is 2.52 bits per heavy atom. The minimum absolute atomic E-state index is 0.286. The van der Waals surface area contributed by atoms with Gasteiger partial charge in [-0.2, -0.15) is 0 Å². The predicted octanol–water partition coefficient (Wildman–Crippen LogP) is -3.00. The molecule has 1 heterocycles. The average Bonchev–Trinajstić information content (AvgIpc) is 2.98. The van der Waals surface area contributed by atoms with Gasteiger partial charge in [0.25, 0.3) is 0 Å². The fourth-order valence-corrected chi connectivity index (χ4v) is 2.27. The van der Waals surface area contributed by atoms with Gasteiger partial charge in [0.1, 0.15) is 18.6 Å². The summed E-state index contributed by atoms with van der Waals surface area (Å²) in [4.78, 5) is 47.7. The monoisotopic (exact) mass is 330 g/mol. The molecule has 0 bridgehead atoms. The highest BCUT2D eigenvalue weighted by Crippen LogP contribution is 2.18. The van der Waals surface area contributed by atoms with Crippen molar-refractivity contribution in [3.63, 3.8) is 0 Å². The first-order valence-electron chi connectivity index (χ1n) is 7.24. The molecule has 6 N–H and O–H groups in total. The third kappa shape index (κ3) is 5.18. The lowest BCUT2D eigenvalue weighted by Gasteiger charge is -2.28. The van der Waals surface area contributed by atoms with Crippen molar-refractivity contribution >= 4 is 23.7 Å². The summed E-state index contributed by atoms with van der Waals surface area (Å²) < 4.78 is 0. The van der Waals surface area contributed by atoms with Crippen LogP contribution >= 0.6 is 0 Å². The van der Waals surface area contributed by atoms with Crippen LogP contribution in [0, 0.1) is 0 Å². The third-order valence-corrected chi connectivity index (χ3v) is 3.46. The van der Waals surface area contributed by atoms with E-state index in [2.05, 4.69) is 10.6 Å². The summed E-state index contributed by atoms with van der Waals surface area (Å²) in [6, 6.07) is -2.85. The van der Waals surface area contributed by atoms with Crippen LogP contribution in [-0.2, 0) is 19.2 Å². The van der Waals surface area contributed by atoms with E-state index in [-0.39, 0.29) is 6.54 Å². The predicted molar refractivity (Wildman–Crippen MR) is 78.0 cm³/mol. The van der Waals surface area contributed by atoms with E-state index in [1.165, 1.54) is 11.8 Å². The minimum atomic E-state index is -1.19. The van der Waals surface area contributed by atoms with Crippen LogP contribution in [0.15, 0.2) is 0 Å². The SMILES string of the molecule is CC(N)C(=O)NC(CO)C(=O)N1CCCC1C(=O)NCC(=O)O. The zero-order valence-electron chi connectivity index (χ0n) is 12.8. The summed E-state index contributed by atoms with van der Waals surface area (Å²) in [5.41, 5.74) is 5.40. The maximum Gasteiger partial charge on any atom is 0.322 e. The number of carboxylic acid groups (broad SMARTS) is 1. The van der Waals surface area contributed by atoms with Crippen molar-refractivity contribution in [1.82, 2.24) is 15.5 Å². The number of nitrogens with zero attached hydrogens (tertiary/aromatic N) is 1. The van der Waals surface area contributed by atoms with Gasteiger partial charge >= 0.3 is 5.97 Å². The maximum atomic E-state index is 12.4. The minimum Gasteiger partial charge on any atom is -0.480 e. The second-order valence-corrected chi connectivity index (χ2v) is 5.33. The molecule has 130 valence electrons. The highest BCUT2D eigenvalue weighted by Gasteiger charge is 2.37. The maximum absolute atomic E-state index is 12.4. The lowest BCUT2D eigenvalue weighted by molar-refractivity contribution is -0.143. The second kappa shape index (κ2) is 8.44. The molecule has 1 rings (SSSR count). The molecule has 0 radical (unpaired) electrons. The van der Waals surface area contributed by atoms with Gasteiger partial charge < -0.3 is 31.5 Å². The molecule has 0 aromatic rings. The van der Waals surface area contributed by atoms with Crippen LogP contribution < -0.4 is 16.4 Å². The summed E-state index contributed by atoms with van der Waals surface area (Å²) in [6.07, 6.45) is 0.951. The first-order valence-corrected chi connectivity index (χ1v) is 7.24. The van der Waals surface area contributed by atoms with Crippen molar-refractivity contribution in [2.45, 2.75) is 37.9 Å². The number of aliphatic hydroxyl groups excluding tert-OH is 1. The molecule has 0 spiro atoms. The Kier molecular flexibility index (Phi) is 6.91. The number of carbonyl (C=O) groups is 4. The van der Waals surface area contributed by atoms with Crippen molar-refractivity contribution in [3.8, 4) is 0 Å². The van der Waals surface area contributed by atoms with Gasteiger partial charge in [0, 0.05) is 6.54 Å². The lowest BCUT2D eigenvalue weighted by atomic mass is 10.1. The number of nitrogens with two attached hydrogens (primary N) is 1. The zero-order valence-corrected chi connectivity index (χ0v) is 12.8. The smallest absolute Gasteiger partial charge is 0.322 e. The normalized spacial score (nSPS) is 19.8. The highest BCUT2D eigenvalue weighted by molar-refractivity contribution is 5.94. The Morgan fingerprint density at radius 2 is 2.00 bits per heavy atom. The molecule has 1 saturated heterocycles. The molecule has 23 heavy (non-hydrogen) atoms. The average molecular weight is 330 g/mol. The fraction of sp³-hybridized carbons (Fsp3) is 0.692. The number of hydrogen-bond donors (Lipinski definition) is 5. The van der Waals surface area contributed by atoms with Crippen molar-refractivity contribution in [3.05, 3.63) is 0 Å². The number of aliphatic carboxylic acids is 1. The van der Waals surface area contributed by atoms with Crippen LogP contribution in [0.5, 0.6) is 0 Å². The van der Waals surface area contributed by atoms with E-state index >= 15 is 0 Å². The molecule has 0 aliphatic carbocycles. The number of carboxylic acids is 1. The Hall–Kier alpha value is -2.20. The number of rotatable bonds is 7. The summed E-state index contributed by atoms with van der Waals surface area (Å²) in [7, 11) is 0. The molecule has 1 aliphatic rings. The molecule has 0 saturated carbocycles. The largest absolute Gasteiger partial charge is 0.480 e. The molecule has 3 atom stereocenters. The third-order valence-electron chi connectivity index (χ3n) is 3.46. The van der Waals surface area contributed by atoms with Crippen LogP contribution in [0.3, 0.4) is 0 Å². The van der Waals surface area contributed by atoms with Crippen molar-refractivity contribution in [1.29, 1.82) is 0 Å². The van der Waals surface area contributed by atoms with Crippen molar-refractivity contribution < 1.29 is 29.4 Å². The fourth-order valence-electron chi connectivity index (χ4n) is 2.27. The molecular formula is C13H22N4O6. The number of hydrogen-bond acceptors (Lipinski definition) is 6. The van der Waals surface area contributed by atoms with Gasteiger partial charge in [-0.25, -0.2) is 0 Å². The Morgan fingerprint density at radius 1 is 1.35 bits per heavy atom. The van der Waals surface area contributed by atoms with E-state index in [1.807, 2.05) is 0 Å². The second-order valence-electron chi connectivity index (χ2n) is 5.33. The van der Waals surface area contributed by atoms with E-state index in [9.17, 15) is 24.3 Å². The lowest BCUT2D eigenvalue weighted by Crippen LogP contribution is -2.56.